The number of nitrogens with zero attached hydrogens (tertiary/aromatic N) is 2. The Hall–Kier alpha value is -1.60. The van der Waals surface area contributed by atoms with Gasteiger partial charge in [-0.3, -0.25) is 4.99 Å². The Bertz CT molecular complexity index is 587. The molecule has 1 aromatic rings. The van der Waals surface area contributed by atoms with Crippen LogP contribution in [0.1, 0.15) is 6.92 Å². The van der Waals surface area contributed by atoms with Gasteiger partial charge in [-0.05, 0) is 19.1 Å². The van der Waals surface area contributed by atoms with Gasteiger partial charge in [0.1, 0.15) is 0 Å². The largest absolute Gasteiger partial charge is 0.375 e. The van der Waals surface area contributed by atoms with E-state index in [2.05, 4.69) is 4.99 Å². The summed E-state index contributed by atoms with van der Waals surface area (Å²) in [5.74, 6) is 0.339. The third-order valence-electron chi connectivity index (χ3n) is 3.30. The summed E-state index contributed by atoms with van der Waals surface area (Å²) in [6.45, 7) is 4.11. The van der Waals surface area contributed by atoms with Crippen LogP contribution in [-0.4, -0.2) is 57.4 Å². The number of nitrogens with two attached hydrogens (primary N) is 1. The van der Waals surface area contributed by atoms with Crippen molar-refractivity contribution in [3.05, 3.63) is 30.3 Å². The van der Waals surface area contributed by atoms with E-state index >= 15 is 0 Å². The molecule has 1 aromatic carbocycles. The highest BCUT2D eigenvalue weighted by molar-refractivity contribution is 7.91. The molecule has 2 rings (SSSR count). The molecule has 21 heavy (non-hydrogen) atoms. The molecule has 0 aromatic heterocycles. The van der Waals surface area contributed by atoms with Crippen LogP contribution in [0.25, 0.3) is 0 Å². The quantitative estimate of drug-likeness (QED) is 0.646. The van der Waals surface area contributed by atoms with E-state index in [1.165, 1.54) is 0 Å². The minimum absolute atomic E-state index is 0.0440. The van der Waals surface area contributed by atoms with Gasteiger partial charge in [-0.25, -0.2) is 8.42 Å². The molecular weight excluding hydrogens is 290 g/mol. The highest BCUT2D eigenvalue weighted by atomic mass is 32.2. The molecule has 1 saturated heterocycles. The van der Waals surface area contributed by atoms with Gasteiger partial charge in [0.15, 0.2) is 15.8 Å². The predicted octanol–water partition coefficient (Wildman–Crippen LogP) is 0.496. The predicted molar refractivity (Wildman–Crippen MR) is 82.0 cm³/mol. The number of ether oxygens (including phenoxy) is 1. The Labute approximate surface area is 125 Å². The first-order chi connectivity index (χ1) is 9.99. The van der Waals surface area contributed by atoms with Gasteiger partial charge in [0.25, 0.3) is 0 Å². The summed E-state index contributed by atoms with van der Waals surface area (Å²) in [6, 6.07) is 8.38. The summed E-state index contributed by atoms with van der Waals surface area (Å²) in [6.07, 6.45) is 0.112. The third-order valence-corrected chi connectivity index (χ3v) is 5.01. The van der Waals surface area contributed by atoms with Crippen LogP contribution in [0.4, 0.5) is 0 Å². The highest BCUT2D eigenvalue weighted by Crippen LogP contribution is 2.10. The lowest BCUT2D eigenvalue weighted by Crippen LogP contribution is -2.48. The van der Waals surface area contributed by atoms with Gasteiger partial charge in [-0.15, -0.1) is 0 Å². The smallest absolute Gasteiger partial charge is 0.191 e. The highest BCUT2D eigenvalue weighted by Gasteiger charge is 2.18. The van der Waals surface area contributed by atoms with Crippen molar-refractivity contribution in [2.24, 2.45) is 10.7 Å². The molecule has 0 saturated carbocycles. The molecule has 1 unspecified atom stereocenters. The van der Waals surface area contributed by atoms with Crippen LogP contribution in [0.15, 0.2) is 40.2 Å². The van der Waals surface area contributed by atoms with Crippen LogP contribution in [0.3, 0.4) is 0 Å². The molecule has 0 spiro atoms. The number of benzene rings is 1. The summed E-state index contributed by atoms with van der Waals surface area (Å²) in [5.41, 5.74) is 5.90. The molecule has 116 valence electrons. The third kappa shape index (κ3) is 4.44. The molecule has 1 aliphatic heterocycles. The summed E-state index contributed by atoms with van der Waals surface area (Å²) in [4.78, 5) is 6.42. The van der Waals surface area contributed by atoms with Gasteiger partial charge >= 0.3 is 0 Å². The van der Waals surface area contributed by atoms with Crippen molar-refractivity contribution in [3.63, 3.8) is 0 Å². The summed E-state index contributed by atoms with van der Waals surface area (Å²) in [5, 5.41) is 0. The van der Waals surface area contributed by atoms with Gasteiger partial charge in [0.05, 0.1) is 29.9 Å². The number of aliphatic imine (C=N–C) groups is 1. The van der Waals surface area contributed by atoms with Crippen LogP contribution < -0.4 is 5.73 Å². The average Bonchev–Trinajstić information content (AvgIpc) is 2.48. The maximum absolute atomic E-state index is 12.1. The molecule has 0 bridgehead atoms. The van der Waals surface area contributed by atoms with E-state index in [-0.39, 0.29) is 18.4 Å². The molecule has 0 amide bonds. The maximum atomic E-state index is 12.1. The van der Waals surface area contributed by atoms with Crippen LogP contribution >= 0.6 is 0 Å². The van der Waals surface area contributed by atoms with Crippen molar-refractivity contribution in [2.75, 3.05) is 32.0 Å². The first kappa shape index (κ1) is 15.8. The van der Waals surface area contributed by atoms with Gasteiger partial charge in [-0.2, -0.15) is 0 Å². The molecule has 1 heterocycles. The second kappa shape index (κ2) is 6.91. The number of hydrogen-bond acceptors (Lipinski definition) is 4. The van der Waals surface area contributed by atoms with Gasteiger partial charge in [0.2, 0.25) is 0 Å². The number of hydrogen-bond donors (Lipinski definition) is 1. The SMILES string of the molecule is CC1CN(C(N)=NCCS(=O)(=O)c2ccccc2)CCO1. The minimum Gasteiger partial charge on any atom is -0.375 e. The van der Waals surface area contributed by atoms with Gasteiger partial charge in [0, 0.05) is 13.1 Å². The van der Waals surface area contributed by atoms with E-state index in [9.17, 15) is 8.42 Å². The average molecular weight is 311 g/mol. The van der Waals surface area contributed by atoms with Crippen LogP contribution in [-0.2, 0) is 14.6 Å². The van der Waals surface area contributed by atoms with E-state index in [1.54, 1.807) is 30.3 Å². The Morgan fingerprint density at radius 1 is 1.43 bits per heavy atom. The van der Waals surface area contributed by atoms with Crippen molar-refractivity contribution in [2.45, 2.75) is 17.9 Å². The van der Waals surface area contributed by atoms with Gasteiger partial charge < -0.3 is 15.4 Å². The van der Waals surface area contributed by atoms with E-state index in [4.69, 9.17) is 10.5 Å². The molecule has 6 nitrogen and oxygen atoms in total. The van der Waals surface area contributed by atoms with Crippen molar-refractivity contribution >= 4 is 15.8 Å². The molecule has 0 aliphatic carbocycles. The number of rotatable bonds is 4. The maximum Gasteiger partial charge on any atom is 0.191 e. The Morgan fingerprint density at radius 3 is 2.81 bits per heavy atom. The summed E-state index contributed by atoms with van der Waals surface area (Å²) < 4.78 is 29.6. The lowest BCUT2D eigenvalue weighted by Gasteiger charge is -2.31. The molecular formula is C14H21N3O3S. The lowest BCUT2D eigenvalue weighted by atomic mass is 10.3. The fourth-order valence-electron chi connectivity index (χ4n) is 2.15. The van der Waals surface area contributed by atoms with Crippen LogP contribution in [0.5, 0.6) is 0 Å². The first-order valence-corrected chi connectivity index (χ1v) is 8.58. The molecule has 0 radical (unpaired) electrons. The number of morpholine rings is 1. The van der Waals surface area contributed by atoms with E-state index in [1.807, 2.05) is 11.8 Å². The van der Waals surface area contributed by atoms with Gasteiger partial charge in [-0.1, -0.05) is 18.2 Å². The molecule has 2 N–H and O–H groups in total. The Balaban J connectivity index is 1.92. The monoisotopic (exact) mass is 311 g/mol. The van der Waals surface area contributed by atoms with Crippen molar-refractivity contribution < 1.29 is 13.2 Å². The summed E-state index contributed by atoms with van der Waals surface area (Å²) >= 11 is 0. The fraction of sp³-hybridized carbons (Fsp3) is 0.500. The van der Waals surface area contributed by atoms with E-state index in [0.717, 1.165) is 0 Å². The lowest BCUT2D eigenvalue weighted by molar-refractivity contribution is 0.00531. The van der Waals surface area contributed by atoms with Crippen LogP contribution in [0.2, 0.25) is 0 Å². The van der Waals surface area contributed by atoms with Crippen LogP contribution in [0, 0.1) is 0 Å². The van der Waals surface area contributed by atoms with Crippen molar-refractivity contribution in [1.82, 2.24) is 4.90 Å². The molecule has 1 aliphatic rings. The molecule has 7 heteroatoms. The van der Waals surface area contributed by atoms with Crippen molar-refractivity contribution in [1.29, 1.82) is 0 Å². The Kier molecular flexibility index (Phi) is 5.19. The molecule has 1 atom stereocenters. The first-order valence-electron chi connectivity index (χ1n) is 6.93. The second-order valence-electron chi connectivity index (χ2n) is 5.00. The van der Waals surface area contributed by atoms with E-state index in [0.29, 0.717) is 30.6 Å². The topological polar surface area (TPSA) is 85.0 Å². The minimum atomic E-state index is -3.30. The standard InChI is InChI=1S/C14H21N3O3S/c1-12-11-17(8-9-20-12)14(15)16-7-10-21(18,19)13-5-3-2-4-6-13/h2-6,12H,7-11H2,1H3,(H2,15,16). The molecule has 1 fully saturated rings. The van der Waals surface area contributed by atoms with Crippen molar-refractivity contribution in [3.8, 4) is 0 Å². The summed E-state index contributed by atoms with van der Waals surface area (Å²) in [7, 11) is -3.30. The Morgan fingerprint density at radius 2 is 2.14 bits per heavy atom. The zero-order valence-electron chi connectivity index (χ0n) is 12.1. The fourth-order valence-corrected chi connectivity index (χ4v) is 3.29. The normalized spacial score (nSPS) is 20.5. The number of guanidine groups is 1. The second-order valence-corrected chi connectivity index (χ2v) is 7.11. The zero-order valence-corrected chi connectivity index (χ0v) is 12.9. The zero-order chi connectivity index (χ0) is 15.3. The van der Waals surface area contributed by atoms with E-state index < -0.39 is 9.84 Å². The number of sulfone groups is 1.